The summed E-state index contributed by atoms with van der Waals surface area (Å²) in [4.78, 5) is 10.00. The summed E-state index contributed by atoms with van der Waals surface area (Å²) in [7, 11) is 0. The number of H-pyrrole nitrogens is 1. The van der Waals surface area contributed by atoms with E-state index in [1.165, 1.54) is 30.5 Å². The lowest BCUT2D eigenvalue weighted by Gasteiger charge is -2.00. The Labute approximate surface area is 106 Å². The summed E-state index contributed by atoms with van der Waals surface area (Å²) in [6.45, 7) is 0. The van der Waals surface area contributed by atoms with Gasteiger partial charge in [-0.3, -0.25) is 10.1 Å². The van der Waals surface area contributed by atoms with Crippen molar-refractivity contribution in [1.82, 2.24) is 20.6 Å². The van der Waals surface area contributed by atoms with Crippen LogP contribution in [0.3, 0.4) is 0 Å². The highest BCUT2D eigenvalue weighted by Crippen LogP contribution is 2.16. The minimum atomic E-state index is -0.486. The molecule has 0 saturated heterocycles. The number of aromatic amines is 1. The van der Waals surface area contributed by atoms with Crippen molar-refractivity contribution in [2.24, 2.45) is 0 Å². The van der Waals surface area contributed by atoms with Gasteiger partial charge in [-0.15, -0.1) is 10.2 Å². The molecular weight excluding hydrogens is 250 g/mol. The number of hydrogen-bond donors (Lipinski definition) is 2. The highest BCUT2D eigenvalue weighted by atomic mass is 16.6. The molecule has 0 saturated carbocycles. The van der Waals surface area contributed by atoms with Crippen LogP contribution >= 0.6 is 0 Å². The van der Waals surface area contributed by atoms with Crippen molar-refractivity contribution in [2.75, 3.05) is 5.32 Å². The van der Waals surface area contributed by atoms with Gasteiger partial charge in [0.15, 0.2) is 0 Å². The number of nitro benzene ring substituents is 1. The minimum Gasteiger partial charge on any atom is -0.360 e. The van der Waals surface area contributed by atoms with Crippen LogP contribution < -0.4 is 5.32 Å². The first-order valence-electron chi connectivity index (χ1n) is 5.06. The van der Waals surface area contributed by atoms with E-state index in [1.54, 1.807) is 0 Å². The van der Waals surface area contributed by atoms with E-state index in [-0.39, 0.29) is 17.1 Å². The number of hydrogen-bond acceptors (Lipinski definition) is 7. The van der Waals surface area contributed by atoms with Gasteiger partial charge in [-0.2, -0.15) is 10.5 Å². The maximum Gasteiger partial charge on any atom is 0.269 e. The number of nitro groups is 1. The molecule has 0 spiro atoms. The van der Waals surface area contributed by atoms with Crippen molar-refractivity contribution in [3.8, 4) is 6.07 Å². The van der Waals surface area contributed by atoms with Crippen LogP contribution in [0, 0.1) is 21.4 Å². The van der Waals surface area contributed by atoms with Crippen molar-refractivity contribution in [2.45, 2.75) is 0 Å². The Balaban J connectivity index is 2.13. The van der Waals surface area contributed by atoms with E-state index < -0.39 is 4.92 Å². The number of nitrogens with one attached hydrogen (secondary N) is 2. The number of rotatable bonds is 4. The summed E-state index contributed by atoms with van der Waals surface area (Å²) in [6, 6.07) is 7.68. The second-order valence-electron chi connectivity index (χ2n) is 3.35. The van der Waals surface area contributed by atoms with E-state index in [9.17, 15) is 10.1 Å². The van der Waals surface area contributed by atoms with Gasteiger partial charge in [0, 0.05) is 24.0 Å². The van der Waals surface area contributed by atoms with E-state index in [2.05, 4.69) is 25.9 Å². The first-order chi connectivity index (χ1) is 9.20. The zero-order valence-corrected chi connectivity index (χ0v) is 9.44. The van der Waals surface area contributed by atoms with Crippen LogP contribution in [0.2, 0.25) is 0 Å². The third-order valence-corrected chi connectivity index (χ3v) is 2.17. The molecule has 0 aliphatic rings. The molecule has 0 fully saturated rings. The average Bonchev–Trinajstić information content (AvgIpc) is 2.94. The topological polar surface area (TPSA) is 133 Å². The molecule has 0 radical (unpaired) electrons. The van der Waals surface area contributed by atoms with Crippen molar-refractivity contribution < 1.29 is 4.92 Å². The molecular formula is C10H7N7O2. The summed E-state index contributed by atoms with van der Waals surface area (Å²) < 4.78 is 0. The van der Waals surface area contributed by atoms with Gasteiger partial charge in [-0.1, -0.05) is 0 Å². The van der Waals surface area contributed by atoms with Gasteiger partial charge in [0.1, 0.15) is 11.6 Å². The van der Waals surface area contributed by atoms with Crippen molar-refractivity contribution >= 4 is 16.9 Å². The lowest BCUT2D eigenvalue weighted by Crippen LogP contribution is -1.93. The van der Waals surface area contributed by atoms with Gasteiger partial charge in [0.05, 0.1) is 4.92 Å². The Morgan fingerprint density at radius 3 is 2.74 bits per heavy atom. The van der Waals surface area contributed by atoms with Gasteiger partial charge in [-0.05, 0) is 17.3 Å². The standard InChI is InChI=1S/C10H7N7O2/c11-5-7(10-13-15-16-14-10)6-12-8-1-3-9(4-2-8)17(18)19/h1-4,6,12H,(H,13,14,15,16). The summed E-state index contributed by atoms with van der Waals surface area (Å²) >= 11 is 0. The number of aromatic nitrogens is 4. The minimum absolute atomic E-state index is 0.00629. The van der Waals surface area contributed by atoms with E-state index >= 15 is 0 Å². The molecule has 0 amide bonds. The van der Waals surface area contributed by atoms with E-state index in [4.69, 9.17) is 5.26 Å². The van der Waals surface area contributed by atoms with Crippen LogP contribution in [0.4, 0.5) is 11.4 Å². The molecule has 9 heteroatoms. The molecule has 2 aromatic rings. The highest BCUT2D eigenvalue weighted by Gasteiger charge is 2.06. The molecule has 0 unspecified atom stereocenters. The molecule has 94 valence electrons. The molecule has 19 heavy (non-hydrogen) atoms. The second-order valence-corrected chi connectivity index (χ2v) is 3.35. The normalized spacial score (nSPS) is 10.8. The van der Waals surface area contributed by atoms with Gasteiger partial charge >= 0.3 is 0 Å². The third-order valence-electron chi connectivity index (χ3n) is 2.17. The molecule has 1 heterocycles. The number of nitriles is 1. The molecule has 0 aliphatic heterocycles. The maximum absolute atomic E-state index is 10.5. The molecule has 0 bridgehead atoms. The SMILES string of the molecule is N#CC(=CNc1ccc([N+](=O)[O-])cc1)c1nn[nH]n1. The van der Waals surface area contributed by atoms with E-state index in [1.807, 2.05) is 6.07 Å². The predicted octanol–water partition coefficient (Wildman–Crippen LogP) is 1.08. The molecule has 0 aliphatic carbocycles. The Hall–Kier alpha value is -3.28. The second kappa shape index (κ2) is 5.37. The van der Waals surface area contributed by atoms with Crippen LogP contribution in [-0.2, 0) is 0 Å². The quantitative estimate of drug-likeness (QED) is 0.475. The number of benzene rings is 1. The summed E-state index contributed by atoms with van der Waals surface area (Å²) in [5.74, 6) is 0.164. The Kier molecular flexibility index (Phi) is 3.44. The van der Waals surface area contributed by atoms with Crippen LogP contribution in [0.25, 0.3) is 5.57 Å². The van der Waals surface area contributed by atoms with E-state index in [0.29, 0.717) is 5.69 Å². The summed E-state index contributed by atoms with van der Waals surface area (Å²) in [6.07, 6.45) is 1.39. The van der Waals surface area contributed by atoms with Crippen molar-refractivity contribution in [3.63, 3.8) is 0 Å². The van der Waals surface area contributed by atoms with Crippen molar-refractivity contribution in [1.29, 1.82) is 5.26 Å². The molecule has 1 aromatic heterocycles. The lowest BCUT2D eigenvalue weighted by molar-refractivity contribution is -0.384. The number of non-ortho nitro benzene ring substituents is 1. The first kappa shape index (κ1) is 12.2. The number of anilines is 1. The average molecular weight is 257 g/mol. The monoisotopic (exact) mass is 257 g/mol. The zero-order valence-electron chi connectivity index (χ0n) is 9.44. The molecule has 9 nitrogen and oxygen atoms in total. The number of tetrazole rings is 1. The predicted molar refractivity (Wildman–Crippen MR) is 64.5 cm³/mol. The van der Waals surface area contributed by atoms with Crippen LogP contribution in [0.15, 0.2) is 30.5 Å². The highest BCUT2D eigenvalue weighted by molar-refractivity contribution is 5.74. The first-order valence-corrected chi connectivity index (χ1v) is 5.06. The van der Waals surface area contributed by atoms with Crippen molar-refractivity contribution in [3.05, 3.63) is 46.4 Å². The summed E-state index contributed by atoms with van der Waals surface area (Å²) in [5, 5.41) is 35.2. The Bertz CT molecular complexity index is 640. The smallest absolute Gasteiger partial charge is 0.269 e. The fourth-order valence-corrected chi connectivity index (χ4v) is 1.26. The molecule has 0 atom stereocenters. The van der Waals surface area contributed by atoms with Gasteiger partial charge in [-0.25, -0.2) is 0 Å². The number of nitrogens with zero attached hydrogens (tertiary/aromatic N) is 5. The molecule has 1 aromatic carbocycles. The van der Waals surface area contributed by atoms with Crippen LogP contribution in [-0.4, -0.2) is 25.5 Å². The summed E-state index contributed by atoms with van der Waals surface area (Å²) in [5.41, 5.74) is 0.780. The fourth-order valence-electron chi connectivity index (χ4n) is 1.26. The van der Waals surface area contributed by atoms with Gasteiger partial charge < -0.3 is 5.32 Å². The van der Waals surface area contributed by atoms with Gasteiger partial charge in [0.25, 0.3) is 5.69 Å². The lowest BCUT2D eigenvalue weighted by atomic mass is 10.2. The largest absolute Gasteiger partial charge is 0.360 e. The van der Waals surface area contributed by atoms with E-state index in [0.717, 1.165) is 0 Å². The Morgan fingerprint density at radius 1 is 1.47 bits per heavy atom. The molecule has 2 N–H and O–H groups in total. The maximum atomic E-state index is 10.5. The van der Waals surface area contributed by atoms with Crippen LogP contribution in [0.5, 0.6) is 0 Å². The molecule has 2 rings (SSSR count). The fraction of sp³-hybridized carbons (Fsp3) is 0. The Morgan fingerprint density at radius 2 is 2.21 bits per heavy atom. The van der Waals surface area contributed by atoms with Gasteiger partial charge in [0.2, 0.25) is 5.82 Å². The zero-order chi connectivity index (χ0) is 13.7. The third kappa shape index (κ3) is 2.89. The van der Waals surface area contributed by atoms with Crippen LogP contribution in [0.1, 0.15) is 5.82 Å². The number of allylic oxidation sites excluding steroid dienone is 1.